The number of halogens is 2. The molecule has 2 aromatic rings. The monoisotopic (exact) mass is 255 g/mol. The Morgan fingerprint density at radius 3 is 2.75 bits per heavy atom. The van der Waals surface area contributed by atoms with E-state index in [1.807, 2.05) is 25.3 Å². The van der Waals surface area contributed by atoms with Gasteiger partial charge in [0.2, 0.25) is 0 Å². The summed E-state index contributed by atoms with van der Waals surface area (Å²) in [5.74, 6) is 0.540. The molecule has 0 saturated carbocycles. The number of nitrogens with two attached hydrogens (primary N) is 1. The second kappa shape index (κ2) is 4.36. The lowest BCUT2D eigenvalue weighted by Gasteiger charge is -2.05. The van der Waals surface area contributed by atoms with Crippen molar-refractivity contribution in [2.24, 2.45) is 0 Å². The van der Waals surface area contributed by atoms with Crippen molar-refractivity contribution in [2.75, 3.05) is 5.73 Å². The highest BCUT2D eigenvalue weighted by Crippen LogP contribution is 2.26. The Kier molecular flexibility index (Phi) is 3.08. The molecule has 1 aromatic heterocycles. The van der Waals surface area contributed by atoms with Crippen molar-refractivity contribution in [3.63, 3.8) is 0 Å². The highest BCUT2D eigenvalue weighted by atomic mass is 35.5. The Hall–Kier alpha value is -1.19. The molecule has 0 amide bonds. The van der Waals surface area contributed by atoms with Gasteiger partial charge in [-0.05, 0) is 18.6 Å². The third-order valence-corrected chi connectivity index (χ3v) is 3.20. The normalized spacial score (nSPS) is 10.7. The van der Waals surface area contributed by atoms with Gasteiger partial charge in [-0.2, -0.15) is 5.10 Å². The molecule has 0 bridgehead atoms. The van der Waals surface area contributed by atoms with Crippen molar-refractivity contribution in [3.8, 4) is 0 Å². The summed E-state index contributed by atoms with van der Waals surface area (Å²) in [5, 5.41) is 5.29. The minimum absolute atomic E-state index is 0.540. The number of hydrogen-bond donors (Lipinski definition) is 1. The van der Waals surface area contributed by atoms with Crippen LogP contribution in [-0.2, 0) is 6.54 Å². The number of rotatable bonds is 2. The summed E-state index contributed by atoms with van der Waals surface area (Å²) in [4.78, 5) is 0. The van der Waals surface area contributed by atoms with Crippen LogP contribution < -0.4 is 5.73 Å². The maximum atomic E-state index is 6.09. The van der Waals surface area contributed by atoms with E-state index in [0.717, 1.165) is 11.1 Å². The number of nitrogen functional groups attached to an aromatic ring is 1. The molecule has 0 fully saturated rings. The zero-order valence-electron chi connectivity index (χ0n) is 8.74. The van der Waals surface area contributed by atoms with E-state index in [-0.39, 0.29) is 0 Å². The Labute approximate surface area is 104 Å². The number of aryl methyl sites for hydroxylation is 1. The molecule has 0 aliphatic heterocycles. The van der Waals surface area contributed by atoms with E-state index in [2.05, 4.69) is 5.10 Å². The summed E-state index contributed by atoms with van der Waals surface area (Å²) in [6.07, 6.45) is 1.88. The predicted octanol–water partition coefficient (Wildman–Crippen LogP) is 3.13. The minimum atomic E-state index is 0.540. The van der Waals surface area contributed by atoms with Crippen LogP contribution in [0.5, 0.6) is 0 Å². The lowest BCUT2D eigenvalue weighted by atomic mass is 10.2. The first kappa shape index (κ1) is 11.3. The first-order chi connectivity index (χ1) is 7.58. The van der Waals surface area contributed by atoms with Crippen LogP contribution in [0.3, 0.4) is 0 Å². The standard InChI is InChI=1S/C11H11Cl2N3/c1-7-5-16(15-11(7)14)6-8-3-2-4-9(12)10(8)13/h2-5H,6H2,1H3,(H2,14,15). The highest BCUT2D eigenvalue weighted by Gasteiger charge is 2.06. The molecule has 0 aliphatic carbocycles. The van der Waals surface area contributed by atoms with Gasteiger partial charge in [-0.3, -0.25) is 4.68 Å². The zero-order chi connectivity index (χ0) is 11.7. The molecule has 0 spiro atoms. The van der Waals surface area contributed by atoms with E-state index < -0.39 is 0 Å². The van der Waals surface area contributed by atoms with Crippen LogP contribution in [0.1, 0.15) is 11.1 Å². The average molecular weight is 256 g/mol. The molecule has 1 aromatic carbocycles. The van der Waals surface area contributed by atoms with Gasteiger partial charge in [0.1, 0.15) is 5.82 Å². The summed E-state index contributed by atoms with van der Waals surface area (Å²) >= 11 is 12.0. The lowest BCUT2D eigenvalue weighted by Crippen LogP contribution is -2.01. The van der Waals surface area contributed by atoms with Gasteiger partial charge in [0, 0.05) is 11.8 Å². The molecule has 0 radical (unpaired) electrons. The first-order valence-corrected chi connectivity index (χ1v) is 5.56. The fraction of sp³-hybridized carbons (Fsp3) is 0.182. The Balaban J connectivity index is 2.30. The molecule has 0 aliphatic rings. The summed E-state index contributed by atoms with van der Waals surface area (Å²) in [7, 11) is 0. The highest BCUT2D eigenvalue weighted by molar-refractivity contribution is 6.42. The van der Waals surface area contributed by atoms with Crippen LogP contribution in [0, 0.1) is 6.92 Å². The van der Waals surface area contributed by atoms with Crippen LogP contribution in [0.15, 0.2) is 24.4 Å². The van der Waals surface area contributed by atoms with Gasteiger partial charge < -0.3 is 5.73 Å². The number of benzene rings is 1. The third kappa shape index (κ3) is 2.15. The predicted molar refractivity (Wildman–Crippen MR) is 66.9 cm³/mol. The minimum Gasteiger partial charge on any atom is -0.382 e. The van der Waals surface area contributed by atoms with Crippen molar-refractivity contribution in [2.45, 2.75) is 13.5 Å². The molecular formula is C11H11Cl2N3. The Bertz CT molecular complexity index is 500. The van der Waals surface area contributed by atoms with Crippen molar-refractivity contribution < 1.29 is 0 Å². The molecule has 84 valence electrons. The van der Waals surface area contributed by atoms with Crippen molar-refractivity contribution in [3.05, 3.63) is 45.6 Å². The summed E-state index contributed by atoms with van der Waals surface area (Å²) in [6, 6.07) is 5.54. The fourth-order valence-electron chi connectivity index (χ4n) is 1.46. The van der Waals surface area contributed by atoms with Crippen LogP contribution in [-0.4, -0.2) is 9.78 Å². The molecule has 16 heavy (non-hydrogen) atoms. The fourth-order valence-corrected chi connectivity index (χ4v) is 1.84. The molecule has 2 rings (SSSR count). The smallest absolute Gasteiger partial charge is 0.148 e. The van der Waals surface area contributed by atoms with Crippen molar-refractivity contribution >= 4 is 29.0 Å². The first-order valence-electron chi connectivity index (χ1n) is 4.80. The van der Waals surface area contributed by atoms with Crippen LogP contribution in [0.2, 0.25) is 10.0 Å². The van der Waals surface area contributed by atoms with Gasteiger partial charge in [-0.1, -0.05) is 35.3 Å². The van der Waals surface area contributed by atoms with Crippen molar-refractivity contribution in [1.29, 1.82) is 0 Å². The van der Waals surface area contributed by atoms with E-state index in [4.69, 9.17) is 28.9 Å². The maximum Gasteiger partial charge on any atom is 0.148 e. The molecule has 5 heteroatoms. The number of nitrogens with zero attached hydrogens (tertiary/aromatic N) is 2. The topological polar surface area (TPSA) is 43.8 Å². The van der Waals surface area contributed by atoms with Gasteiger partial charge in [0.15, 0.2) is 0 Å². The SMILES string of the molecule is Cc1cn(Cc2cccc(Cl)c2Cl)nc1N. The molecule has 0 unspecified atom stereocenters. The van der Waals surface area contributed by atoms with Crippen molar-refractivity contribution in [1.82, 2.24) is 9.78 Å². The molecule has 0 saturated heterocycles. The molecule has 3 nitrogen and oxygen atoms in total. The van der Waals surface area contributed by atoms with Gasteiger partial charge in [0.25, 0.3) is 0 Å². The largest absolute Gasteiger partial charge is 0.382 e. The molecular weight excluding hydrogens is 245 g/mol. The lowest BCUT2D eigenvalue weighted by molar-refractivity contribution is 0.690. The van der Waals surface area contributed by atoms with E-state index in [1.54, 1.807) is 10.7 Å². The quantitative estimate of drug-likeness (QED) is 0.897. The second-order valence-corrected chi connectivity index (χ2v) is 4.39. The van der Waals surface area contributed by atoms with Gasteiger partial charge in [-0.25, -0.2) is 0 Å². The molecule has 2 N–H and O–H groups in total. The van der Waals surface area contributed by atoms with Crippen LogP contribution in [0.4, 0.5) is 5.82 Å². The molecule has 1 heterocycles. The molecule has 0 atom stereocenters. The average Bonchev–Trinajstić information content (AvgIpc) is 2.54. The number of hydrogen-bond acceptors (Lipinski definition) is 2. The van der Waals surface area contributed by atoms with E-state index in [9.17, 15) is 0 Å². The van der Waals surface area contributed by atoms with E-state index >= 15 is 0 Å². The summed E-state index contributed by atoms with van der Waals surface area (Å²) in [5.41, 5.74) is 7.56. The third-order valence-electron chi connectivity index (χ3n) is 2.35. The summed E-state index contributed by atoms with van der Waals surface area (Å²) < 4.78 is 1.75. The number of anilines is 1. The Morgan fingerprint density at radius 1 is 1.38 bits per heavy atom. The zero-order valence-corrected chi connectivity index (χ0v) is 10.3. The van der Waals surface area contributed by atoms with E-state index in [0.29, 0.717) is 22.4 Å². The maximum absolute atomic E-state index is 6.09. The van der Waals surface area contributed by atoms with Gasteiger partial charge >= 0.3 is 0 Å². The van der Waals surface area contributed by atoms with Crippen LogP contribution >= 0.6 is 23.2 Å². The van der Waals surface area contributed by atoms with Gasteiger partial charge in [0.05, 0.1) is 16.6 Å². The van der Waals surface area contributed by atoms with Gasteiger partial charge in [-0.15, -0.1) is 0 Å². The van der Waals surface area contributed by atoms with Crippen LogP contribution in [0.25, 0.3) is 0 Å². The second-order valence-electron chi connectivity index (χ2n) is 3.61. The van der Waals surface area contributed by atoms with E-state index in [1.165, 1.54) is 0 Å². The Morgan fingerprint density at radius 2 is 2.12 bits per heavy atom. The summed E-state index contributed by atoms with van der Waals surface area (Å²) in [6.45, 7) is 2.48. The number of aromatic nitrogens is 2.